The van der Waals surface area contributed by atoms with Crippen LogP contribution in [0.1, 0.15) is 16.8 Å². The Morgan fingerprint density at radius 3 is 2.81 bits per heavy atom. The predicted molar refractivity (Wildman–Crippen MR) is 74.7 cm³/mol. The SMILES string of the molecule is O=C(OC1=CCC2=C1NCN=C2)c1ccc([N+](=O)[O-])cc1. The van der Waals surface area contributed by atoms with Crippen molar-refractivity contribution in [2.45, 2.75) is 6.42 Å². The first-order valence-electron chi connectivity index (χ1n) is 6.29. The summed E-state index contributed by atoms with van der Waals surface area (Å²) >= 11 is 0. The lowest BCUT2D eigenvalue weighted by Crippen LogP contribution is -2.21. The number of nitro benzene ring substituents is 1. The lowest BCUT2D eigenvalue weighted by molar-refractivity contribution is -0.384. The van der Waals surface area contributed by atoms with Gasteiger partial charge in [0.1, 0.15) is 6.67 Å². The first-order valence-corrected chi connectivity index (χ1v) is 6.29. The molecule has 106 valence electrons. The normalized spacial score (nSPS) is 16.1. The maximum atomic E-state index is 12.0. The molecule has 0 radical (unpaired) electrons. The Kier molecular flexibility index (Phi) is 3.23. The number of hydrogen-bond acceptors (Lipinski definition) is 6. The summed E-state index contributed by atoms with van der Waals surface area (Å²) in [6.07, 6.45) is 4.22. The van der Waals surface area contributed by atoms with Crippen LogP contribution >= 0.6 is 0 Å². The van der Waals surface area contributed by atoms with Crippen LogP contribution in [0.5, 0.6) is 0 Å². The molecular weight excluding hydrogens is 274 g/mol. The van der Waals surface area contributed by atoms with E-state index in [0.29, 0.717) is 18.8 Å². The van der Waals surface area contributed by atoms with Crippen molar-refractivity contribution in [2.24, 2.45) is 4.99 Å². The second-order valence-electron chi connectivity index (χ2n) is 4.51. The molecule has 1 aliphatic carbocycles. The summed E-state index contributed by atoms with van der Waals surface area (Å²) in [5, 5.41) is 13.6. The summed E-state index contributed by atoms with van der Waals surface area (Å²) in [6, 6.07) is 5.30. The lowest BCUT2D eigenvalue weighted by Gasteiger charge is -2.14. The first-order chi connectivity index (χ1) is 10.1. The van der Waals surface area contributed by atoms with E-state index in [1.54, 1.807) is 12.3 Å². The molecule has 7 heteroatoms. The zero-order valence-electron chi connectivity index (χ0n) is 10.9. The first kappa shape index (κ1) is 13.0. The summed E-state index contributed by atoms with van der Waals surface area (Å²) in [5.74, 6) is -0.0753. The molecule has 21 heavy (non-hydrogen) atoms. The summed E-state index contributed by atoms with van der Waals surface area (Å²) < 4.78 is 5.34. The molecule has 0 unspecified atom stereocenters. The van der Waals surface area contributed by atoms with E-state index in [1.807, 2.05) is 0 Å². The number of ether oxygens (including phenoxy) is 1. The number of carbonyl (C=O) groups excluding carboxylic acids is 1. The van der Waals surface area contributed by atoms with E-state index < -0.39 is 10.9 Å². The summed E-state index contributed by atoms with van der Waals surface area (Å²) in [5.41, 5.74) is 1.95. The molecule has 1 aliphatic heterocycles. The molecule has 3 rings (SSSR count). The highest BCUT2D eigenvalue weighted by atomic mass is 16.6. The van der Waals surface area contributed by atoms with Crippen LogP contribution in [0.2, 0.25) is 0 Å². The number of nitrogens with one attached hydrogen (secondary N) is 1. The van der Waals surface area contributed by atoms with E-state index in [-0.39, 0.29) is 11.3 Å². The Hall–Kier alpha value is -2.96. The van der Waals surface area contributed by atoms with Crippen molar-refractivity contribution in [1.29, 1.82) is 0 Å². The average Bonchev–Trinajstić information content (AvgIpc) is 2.91. The van der Waals surface area contributed by atoms with Gasteiger partial charge in [-0.2, -0.15) is 0 Å². The van der Waals surface area contributed by atoms with Crippen molar-refractivity contribution in [3.05, 3.63) is 63.0 Å². The minimum Gasteiger partial charge on any atom is -0.421 e. The maximum Gasteiger partial charge on any atom is 0.343 e. The molecule has 0 spiro atoms. The second kappa shape index (κ2) is 5.20. The largest absolute Gasteiger partial charge is 0.421 e. The Morgan fingerprint density at radius 2 is 2.10 bits per heavy atom. The molecule has 0 saturated heterocycles. The van der Waals surface area contributed by atoms with Gasteiger partial charge >= 0.3 is 5.97 Å². The maximum absolute atomic E-state index is 12.0. The number of non-ortho nitro benzene ring substituents is 1. The number of allylic oxidation sites excluding steroid dienone is 2. The number of benzene rings is 1. The highest BCUT2D eigenvalue weighted by Crippen LogP contribution is 2.26. The summed E-state index contributed by atoms with van der Waals surface area (Å²) in [7, 11) is 0. The monoisotopic (exact) mass is 285 g/mol. The number of rotatable bonds is 3. The van der Waals surface area contributed by atoms with Crippen LogP contribution in [0.4, 0.5) is 5.69 Å². The van der Waals surface area contributed by atoms with Gasteiger partial charge in [0.2, 0.25) is 0 Å². The number of esters is 1. The number of nitro groups is 1. The van der Waals surface area contributed by atoms with E-state index in [2.05, 4.69) is 10.3 Å². The van der Waals surface area contributed by atoms with Crippen molar-refractivity contribution in [3.63, 3.8) is 0 Å². The third-order valence-electron chi connectivity index (χ3n) is 3.19. The molecule has 0 aromatic heterocycles. The average molecular weight is 285 g/mol. The van der Waals surface area contributed by atoms with Crippen LogP contribution in [0.15, 0.2) is 52.4 Å². The van der Waals surface area contributed by atoms with Gasteiger partial charge < -0.3 is 10.1 Å². The van der Waals surface area contributed by atoms with Gasteiger partial charge in [-0.25, -0.2) is 4.79 Å². The van der Waals surface area contributed by atoms with E-state index >= 15 is 0 Å². The fraction of sp³-hybridized carbons (Fsp3) is 0.143. The molecule has 2 aliphatic rings. The number of aliphatic imine (C=N–C) groups is 1. The van der Waals surface area contributed by atoms with Crippen molar-refractivity contribution >= 4 is 17.9 Å². The van der Waals surface area contributed by atoms with Crippen LogP contribution in [-0.4, -0.2) is 23.8 Å². The molecule has 0 fully saturated rings. The third-order valence-corrected chi connectivity index (χ3v) is 3.19. The highest BCUT2D eigenvalue weighted by Gasteiger charge is 2.22. The molecule has 1 aromatic carbocycles. The zero-order valence-corrected chi connectivity index (χ0v) is 10.9. The van der Waals surface area contributed by atoms with Gasteiger partial charge in [-0.3, -0.25) is 15.1 Å². The fourth-order valence-corrected chi connectivity index (χ4v) is 2.13. The molecule has 0 saturated carbocycles. The minimum atomic E-state index is -0.547. The van der Waals surface area contributed by atoms with E-state index in [9.17, 15) is 14.9 Å². The second-order valence-corrected chi connectivity index (χ2v) is 4.51. The fourth-order valence-electron chi connectivity index (χ4n) is 2.13. The Morgan fingerprint density at radius 1 is 1.33 bits per heavy atom. The molecule has 0 atom stereocenters. The predicted octanol–water partition coefficient (Wildman–Crippen LogP) is 1.92. The lowest BCUT2D eigenvalue weighted by atomic mass is 10.2. The zero-order chi connectivity index (χ0) is 14.8. The Bertz CT molecular complexity index is 701. The quantitative estimate of drug-likeness (QED) is 0.520. The number of carbonyl (C=O) groups is 1. The Labute approximate surface area is 119 Å². The van der Waals surface area contributed by atoms with Crippen LogP contribution in [-0.2, 0) is 4.74 Å². The molecule has 1 N–H and O–H groups in total. The molecular formula is C14H11N3O4. The van der Waals surface area contributed by atoms with Crippen LogP contribution < -0.4 is 5.32 Å². The van der Waals surface area contributed by atoms with Gasteiger partial charge in [0.05, 0.1) is 16.2 Å². The molecule has 1 heterocycles. The minimum absolute atomic E-state index is 0.0678. The molecule has 1 aromatic rings. The van der Waals surface area contributed by atoms with Crippen LogP contribution in [0, 0.1) is 10.1 Å². The number of nitrogens with zero attached hydrogens (tertiary/aromatic N) is 2. The van der Waals surface area contributed by atoms with E-state index in [0.717, 1.165) is 11.3 Å². The van der Waals surface area contributed by atoms with Crippen molar-refractivity contribution in [3.8, 4) is 0 Å². The standard InChI is InChI=1S/C14H11N3O4/c18-14(9-1-4-11(5-2-9)17(19)20)21-12-6-3-10-7-15-8-16-13(10)12/h1-2,4-7,16H,3,8H2. The van der Waals surface area contributed by atoms with Crippen molar-refractivity contribution in [1.82, 2.24) is 5.32 Å². The third kappa shape index (κ3) is 2.53. The van der Waals surface area contributed by atoms with Crippen LogP contribution in [0.25, 0.3) is 0 Å². The van der Waals surface area contributed by atoms with Gasteiger partial charge in [0.25, 0.3) is 5.69 Å². The van der Waals surface area contributed by atoms with Crippen molar-refractivity contribution in [2.75, 3.05) is 6.67 Å². The van der Waals surface area contributed by atoms with E-state index in [1.165, 1.54) is 24.3 Å². The van der Waals surface area contributed by atoms with Gasteiger partial charge in [0, 0.05) is 23.9 Å². The number of hydrogen-bond donors (Lipinski definition) is 1. The summed E-state index contributed by atoms with van der Waals surface area (Å²) in [4.78, 5) is 26.2. The molecule has 0 amide bonds. The van der Waals surface area contributed by atoms with Crippen molar-refractivity contribution < 1.29 is 14.5 Å². The smallest absolute Gasteiger partial charge is 0.343 e. The van der Waals surface area contributed by atoms with E-state index in [4.69, 9.17) is 4.74 Å². The van der Waals surface area contributed by atoms with Gasteiger partial charge in [-0.05, 0) is 24.6 Å². The topological polar surface area (TPSA) is 93.8 Å². The van der Waals surface area contributed by atoms with Gasteiger partial charge in [-0.1, -0.05) is 0 Å². The highest BCUT2D eigenvalue weighted by molar-refractivity contribution is 5.91. The molecule has 0 bridgehead atoms. The van der Waals surface area contributed by atoms with Crippen LogP contribution in [0.3, 0.4) is 0 Å². The Balaban J connectivity index is 1.74. The van der Waals surface area contributed by atoms with Gasteiger partial charge in [0.15, 0.2) is 5.76 Å². The van der Waals surface area contributed by atoms with Gasteiger partial charge in [-0.15, -0.1) is 0 Å². The molecule has 7 nitrogen and oxygen atoms in total. The summed E-state index contributed by atoms with van der Waals surface area (Å²) in [6.45, 7) is 0.450.